The van der Waals surface area contributed by atoms with Crippen LogP contribution in [0.5, 0.6) is 0 Å². The highest BCUT2D eigenvalue weighted by molar-refractivity contribution is 8.14. The number of benzene rings is 1. The standard InChI is InChI=1S/C19H24N2O4S/c1-13(12-26-19(25)14-6-3-2-4-7-14)17(22)21-10-15-8-5-9-20(15)11-16(21)18(23)24/h2-4,6-7,13,15-16H,5,8-12H2,1H3,(H,23,24). The van der Waals surface area contributed by atoms with E-state index in [-0.39, 0.29) is 17.1 Å². The minimum Gasteiger partial charge on any atom is -0.480 e. The molecule has 1 aromatic rings. The van der Waals surface area contributed by atoms with E-state index in [1.165, 1.54) is 4.90 Å². The third kappa shape index (κ3) is 4.10. The molecular formula is C19H24N2O4S. The highest BCUT2D eigenvalue weighted by Gasteiger charge is 2.42. The van der Waals surface area contributed by atoms with Crippen LogP contribution in [0.25, 0.3) is 0 Å². The number of piperazine rings is 1. The molecule has 140 valence electrons. The van der Waals surface area contributed by atoms with Crippen LogP contribution in [0.3, 0.4) is 0 Å². The van der Waals surface area contributed by atoms with Gasteiger partial charge in [-0.05, 0) is 19.4 Å². The summed E-state index contributed by atoms with van der Waals surface area (Å²) in [5.74, 6) is -1.17. The Labute approximate surface area is 157 Å². The molecule has 1 aromatic carbocycles. The van der Waals surface area contributed by atoms with E-state index in [4.69, 9.17) is 0 Å². The lowest BCUT2D eigenvalue weighted by molar-refractivity contribution is -0.156. The maximum Gasteiger partial charge on any atom is 0.327 e. The number of fused-ring (bicyclic) bond motifs is 1. The molecule has 26 heavy (non-hydrogen) atoms. The fourth-order valence-electron chi connectivity index (χ4n) is 3.68. The Hall–Kier alpha value is -1.86. The summed E-state index contributed by atoms with van der Waals surface area (Å²) in [7, 11) is 0. The van der Waals surface area contributed by atoms with Crippen molar-refractivity contribution in [2.24, 2.45) is 5.92 Å². The van der Waals surface area contributed by atoms with Crippen molar-refractivity contribution in [1.82, 2.24) is 9.80 Å². The first kappa shape index (κ1) is 18.9. The van der Waals surface area contributed by atoms with Gasteiger partial charge in [0, 0.05) is 36.4 Å². The minimum atomic E-state index is -0.955. The summed E-state index contributed by atoms with van der Waals surface area (Å²) >= 11 is 1.11. The SMILES string of the molecule is CC(CSC(=O)c1ccccc1)C(=O)N1CC2CCCN2CC1C(=O)O. The zero-order chi connectivity index (χ0) is 18.7. The van der Waals surface area contributed by atoms with Gasteiger partial charge in [0.15, 0.2) is 0 Å². The molecule has 0 aromatic heterocycles. The second-order valence-corrected chi connectivity index (χ2v) is 7.99. The number of rotatable bonds is 5. The molecule has 0 radical (unpaired) electrons. The van der Waals surface area contributed by atoms with Gasteiger partial charge in [0.05, 0.1) is 0 Å². The Bertz CT molecular complexity index is 681. The Morgan fingerprint density at radius 1 is 1.23 bits per heavy atom. The van der Waals surface area contributed by atoms with Gasteiger partial charge in [-0.15, -0.1) is 0 Å². The van der Waals surface area contributed by atoms with E-state index >= 15 is 0 Å². The maximum absolute atomic E-state index is 12.9. The molecule has 3 rings (SSSR count). The largest absolute Gasteiger partial charge is 0.480 e. The van der Waals surface area contributed by atoms with Gasteiger partial charge in [-0.1, -0.05) is 49.0 Å². The van der Waals surface area contributed by atoms with Gasteiger partial charge >= 0.3 is 5.97 Å². The molecule has 2 saturated heterocycles. The Morgan fingerprint density at radius 2 is 1.96 bits per heavy atom. The van der Waals surface area contributed by atoms with E-state index in [0.717, 1.165) is 31.1 Å². The van der Waals surface area contributed by atoms with E-state index in [9.17, 15) is 19.5 Å². The molecule has 1 N–H and O–H groups in total. The van der Waals surface area contributed by atoms with Crippen LogP contribution >= 0.6 is 11.8 Å². The van der Waals surface area contributed by atoms with Crippen LogP contribution in [-0.4, -0.2) is 69.4 Å². The van der Waals surface area contributed by atoms with Crippen molar-refractivity contribution in [2.45, 2.75) is 31.8 Å². The molecule has 2 heterocycles. The number of hydrogen-bond acceptors (Lipinski definition) is 5. The molecular weight excluding hydrogens is 352 g/mol. The van der Waals surface area contributed by atoms with Gasteiger partial charge in [0.2, 0.25) is 11.0 Å². The second kappa shape index (κ2) is 8.22. The first-order valence-corrected chi connectivity index (χ1v) is 9.95. The van der Waals surface area contributed by atoms with Gasteiger partial charge in [-0.2, -0.15) is 0 Å². The van der Waals surface area contributed by atoms with Crippen molar-refractivity contribution in [1.29, 1.82) is 0 Å². The van der Waals surface area contributed by atoms with Crippen molar-refractivity contribution >= 4 is 28.8 Å². The van der Waals surface area contributed by atoms with Crippen LogP contribution in [-0.2, 0) is 9.59 Å². The predicted molar refractivity (Wildman–Crippen MR) is 100 cm³/mol. The number of thioether (sulfide) groups is 1. The monoisotopic (exact) mass is 376 g/mol. The summed E-state index contributed by atoms with van der Waals surface area (Å²) in [6, 6.07) is 8.43. The van der Waals surface area contributed by atoms with Crippen molar-refractivity contribution in [3.8, 4) is 0 Å². The number of hydrogen-bond donors (Lipinski definition) is 1. The lowest BCUT2D eigenvalue weighted by Gasteiger charge is -2.42. The van der Waals surface area contributed by atoms with Gasteiger partial charge in [0.25, 0.3) is 0 Å². The normalized spacial score (nSPS) is 24.1. The van der Waals surface area contributed by atoms with Crippen LogP contribution in [0.4, 0.5) is 0 Å². The zero-order valence-electron chi connectivity index (χ0n) is 14.8. The van der Waals surface area contributed by atoms with Gasteiger partial charge in [0.1, 0.15) is 6.04 Å². The number of nitrogens with zero attached hydrogens (tertiary/aromatic N) is 2. The van der Waals surface area contributed by atoms with Gasteiger partial charge in [-0.3, -0.25) is 14.5 Å². The van der Waals surface area contributed by atoms with Crippen LogP contribution in [0.1, 0.15) is 30.1 Å². The molecule has 2 aliphatic rings. The zero-order valence-corrected chi connectivity index (χ0v) is 15.7. The van der Waals surface area contributed by atoms with E-state index in [1.54, 1.807) is 31.2 Å². The number of carboxylic acids is 1. The average Bonchev–Trinajstić information content (AvgIpc) is 3.12. The van der Waals surface area contributed by atoms with Crippen molar-refractivity contribution in [2.75, 3.05) is 25.4 Å². The van der Waals surface area contributed by atoms with Crippen LogP contribution < -0.4 is 0 Å². The molecule has 0 spiro atoms. The smallest absolute Gasteiger partial charge is 0.327 e. The quantitative estimate of drug-likeness (QED) is 0.846. The maximum atomic E-state index is 12.9. The summed E-state index contributed by atoms with van der Waals surface area (Å²) < 4.78 is 0. The van der Waals surface area contributed by atoms with Crippen molar-refractivity contribution < 1.29 is 19.5 Å². The molecule has 6 nitrogen and oxygen atoms in total. The van der Waals surface area contributed by atoms with E-state index in [0.29, 0.717) is 24.4 Å². The van der Waals surface area contributed by atoms with Gasteiger partial charge in [-0.25, -0.2) is 4.79 Å². The molecule has 3 unspecified atom stereocenters. The lowest BCUT2D eigenvalue weighted by Crippen LogP contribution is -2.61. The minimum absolute atomic E-state index is 0.0688. The number of carbonyl (C=O) groups excluding carboxylic acids is 2. The Balaban J connectivity index is 1.61. The summed E-state index contributed by atoms with van der Waals surface area (Å²) in [6.45, 7) is 3.55. The summed E-state index contributed by atoms with van der Waals surface area (Å²) in [5.41, 5.74) is 0.611. The lowest BCUT2D eigenvalue weighted by atomic mass is 10.0. The highest BCUT2D eigenvalue weighted by Crippen LogP contribution is 2.27. The molecule has 2 fully saturated rings. The Kier molecular flexibility index (Phi) is 5.98. The summed E-state index contributed by atoms with van der Waals surface area (Å²) in [6.07, 6.45) is 2.06. The first-order chi connectivity index (χ1) is 12.5. The molecule has 0 saturated carbocycles. The summed E-state index contributed by atoms with van der Waals surface area (Å²) in [5, 5.41) is 9.48. The Morgan fingerprint density at radius 3 is 2.65 bits per heavy atom. The summed E-state index contributed by atoms with van der Waals surface area (Å²) in [4.78, 5) is 40.4. The predicted octanol–water partition coefficient (Wildman–Crippen LogP) is 1.96. The number of amides is 1. The van der Waals surface area contributed by atoms with Crippen LogP contribution in [0, 0.1) is 5.92 Å². The molecule has 0 bridgehead atoms. The van der Waals surface area contributed by atoms with E-state index < -0.39 is 17.9 Å². The second-order valence-electron chi connectivity index (χ2n) is 7.00. The van der Waals surface area contributed by atoms with E-state index in [2.05, 4.69) is 4.90 Å². The third-order valence-electron chi connectivity index (χ3n) is 5.15. The van der Waals surface area contributed by atoms with Crippen molar-refractivity contribution in [3.63, 3.8) is 0 Å². The molecule has 0 aliphatic carbocycles. The van der Waals surface area contributed by atoms with E-state index in [1.807, 2.05) is 6.07 Å². The van der Waals surface area contributed by atoms with Crippen LogP contribution in [0.2, 0.25) is 0 Å². The number of carboxylic acid groups (broad SMARTS) is 1. The topological polar surface area (TPSA) is 77.9 Å². The van der Waals surface area contributed by atoms with Crippen LogP contribution in [0.15, 0.2) is 30.3 Å². The first-order valence-electron chi connectivity index (χ1n) is 8.97. The molecule has 2 aliphatic heterocycles. The van der Waals surface area contributed by atoms with Crippen molar-refractivity contribution in [3.05, 3.63) is 35.9 Å². The number of aliphatic carboxylic acids is 1. The average molecular weight is 376 g/mol. The fraction of sp³-hybridized carbons (Fsp3) is 0.526. The fourth-order valence-corrected chi connectivity index (χ4v) is 4.53. The molecule has 1 amide bonds. The molecule has 3 atom stereocenters. The number of carbonyl (C=O) groups is 3. The third-order valence-corrected chi connectivity index (χ3v) is 6.32. The highest BCUT2D eigenvalue weighted by atomic mass is 32.2. The van der Waals surface area contributed by atoms with Gasteiger partial charge < -0.3 is 10.0 Å². The molecule has 7 heteroatoms.